The Labute approximate surface area is 115 Å². The molecule has 0 aliphatic heterocycles. The maximum absolute atomic E-state index is 9.46. The molecular weight excluding hydrogens is 246 g/mol. The van der Waals surface area contributed by atoms with Crippen LogP contribution in [0, 0.1) is 5.41 Å². The van der Waals surface area contributed by atoms with Crippen LogP contribution in [0.3, 0.4) is 0 Å². The quantitative estimate of drug-likeness (QED) is 0.857. The number of hydrogen-bond acceptors (Lipinski definition) is 2. The Kier molecular flexibility index (Phi) is 4.66. The zero-order valence-corrected chi connectivity index (χ0v) is 11.8. The maximum atomic E-state index is 9.46. The smallest absolute Gasteiger partial charge is 0.0499 e. The minimum absolute atomic E-state index is 0.189. The Hall–Kier alpha value is -0.570. The Morgan fingerprint density at radius 1 is 1.28 bits per heavy atom. The van der Waals surface area contributed by atoms with Crippen molar-refractivity contribution in [1.29, 1.82) is 0 Å². The number of nitrogens with zero attached hydrogens (tertiary/aromatic N) is 1. The van der Waals surface area contributed by atoms with Gasteiger partial charge >= 0.3 is 0 Å². The predicted octanol–water partition coefficient (Wildman–Crippen LogP) is 2.98. The molecule has 1 aromatic rings. The topological polar surface area (TPSA) is 23.5 Å². The highest BCUT2D eigenvalue weighted by Gasteiger charge is 2.36. The number of aliphatic hydroxyl groups is 1. The van der Waals surface area contributed by atoms with E-state index in [9.17, 15) is 5.11 Å². The van der Waals surface area contributed by atoms with Crippen LogP contribution in [0.15, 0.2) is 24.3 Å². The van der Waals surface area contributed by atoms with Crippen molar-refractivity contribution in [1.82, 2.24) is 4.90 Å². The molecule has 1 fully saturated rings. The molecular formula is C15H22ClNO. The van der Waals surface area contributed by atoms with E-state index in [0.717, 1.165) is 24.5 Å². The summed E-state index contributed by atoms with van der Waals surface area (Å²) < 4.78 is 0. The van der Waals surface area contributed by atoms with Crippen molar-refractivity contribution in [3.63, 3.8) is 0 Å². The number of halogens is 1. The van der Waals surface area contributed by atoms with Gasteiger partial charge in [0.05, 0.1) is 0 Å². The fraction of sp³-hybridized carbons (Fsp3) is 0.600. The molecule has 0 bridgehead atoms. The van der Waals surface area contributed by atoms with Crippen molar-refractivity contribution in [3.05, 3.63) is 34.9 Å². The molecule has 1 aromatic carbocycles. The average molecular weight is 268 g/mol. The lowest BCUT2D eigenvalue weighted by molar-refractivity contribution is 0.0149. The van der Waals surface area contributed by atoms with E-state index >= 15 is 0 Å². The van der Waals surface area contributed by atoms with Gasteiger partial charge in [-0.3, -0.25) is 0 Å². The highest BCUT2D eigenvalue weighted by Crippen LogP contribution is 2.40. The van der Waals surface area contributed by atoms with Crippen molar-refractivity contribution < 1.29 is 5.11 Å². The first-order valence-corrected chi connectivity index (χ1v) is 7.05. The summed E-state index contributed by atoms with van der Waals surface area (Å²) >= 11 is 5.87. The third kappa shape index (κ3) is 3.47. The lowest BCUT2D eigenvalue weighted by Gasteiger charge is -2.43. The zero-order valence-electron chi connectivity index (χ0n) is 11.0. The van der Waals surface area contributed by atoms with Crippen LogP contribution in [0.2, 0.25) is 5.02 Å². The van der Waals surface area contributed by atoms with Crippen LogP contribution in [-0.2, 0) is 6.42 Å². The molecule has 3 heteroatoms. The monoisotopic (exact) mass is 267 g/mol. The van der Waals surface area contributed by atoms with Gasteiger partial charge in [-0.05, 0) is 44.0 Å². The molecule has 1 aliphatic rings. The first-order valence-electron chi connectivity index (χ1n) is 6.67. The lowest BCUT2D eigenvalue weighted by Crippen LogP contribution is -2.44. The van der Waals surface area contributed by atoms with Crippen molar-refractivity contribution >= 4 is 11.6 Å². The van der Waals surface area contributed by atoms with E-state index in [1.165, 1.54) is 24.8 Å². The molecule has 0 saturated heterocycles. The van der Waals surface area contributed by atoms with Crippen LogP contribution in [0.4, 0.5) is 0 Å². The second-order valence-corrected chi connectivity index (χ2v) is 6.06. The Balaban J connectivity index is 1.77. The number of aliphatic hydroxyl groups excluding tert-OH is 1. The lowest BCUT2D eigenvalue weighted by atomic mass is 9.69. The molecule has 0 spiro atoms. The maximum Gasteiger partial charge on any atom is 0.0499 e. The first-order chi connectivity index (χ1) is 8.63. The minimum atomic E-state index is 0.189. The molecule has 1 saturated carbocycles. The van der Waals surface area contributed by atoms with Gasteiger partial charge in [-0.2, -0.15) is 0 Å². The van der Waals surface area contributed by atoms with Gasteiger partial charge < -0.3 is 10.0 Å². The van der Waals surface area contributed by atoms with E-state index in [1.54, 1.807) is 0 Å². The molecule has 0 amide bonds. The number of benzene rings is 1. The number of likely N-dealkylation sites (N-methyl/N-ethyl adjacent to an activating group) is 1. The standard InChI is InChI=1S/C15H22ClNO/c1-17(11-15(12-18)8-2-9-15)10-7-13-3-5-14(16)6-4-13/h3-6,18H,2,7-12H2,1H3. The van der Waals surface area contributed by atoms with Crippen LogP contribution in [0.5, 0.6) is 0 Å². The highest BCUT2D eigenvalue weighted by molar-refractivity contribution is 6.30. The molecule has 2 rings (SSSR count). The summed E-state index contributed by atoms with van der Waals surface area (Å²) in [5.74, 6) is 0. The van der Waals surface area contributed by atoms with E-state index in [0.29, 0.717) is 6.61 Å². The van der Waals surface area contributed by atoms with E-state index in [1.807, 2.05) is 12.1 Å². The summed E-state index contributed by atoms with van der Waals surface area (Å²) in [6.45, 7) is 2.37. The molecule has 1 aliphatic carbocycles. The van der Waals surface area contributed by atoms with Gasteiger partial charge in [-0.1, -0.05) is 30.2 Å². The largest absolute Gasteiger partial charge is 0.396 e. The molecule has 100 valence electrons. The fourth-order valence-electron chi connectivity index (χ4n) is 2.67. The van der Waals surface area contributed by atoms with Crippen LogP contribution in [0.25, 0.3) is 0 Å². The average Bonchev–Trinajstić information content (AvgIpc) is 2.33. The SMILES string of the molecule is CN(CCc1ccc(Cl)cc1)CC1(CO)CCC1. The van der Waals surface area contributed by atoms with Gasteiger partial charge in [0.25, 0.3) is 0 Å². The Morgan fingerprint density at radius 3 is 2.44 bits per heavy atom. The van der Waals surface area contributed by atoms with Crippen LogP contribution in [-0.4, -0.2) is 36.8 Å². The van der Waals surface area contributed by atoms with Crippen LogP contribution >= 0.6 is 11.6 Å². The second kappa shape index (κ2) is 6.05. The van der Waals surface area contributed by atoms with Gasteiger partial charge in [-0.15, -0.1) is 0 Å². The molecule has 0 unspecified atom stereocenters. The number of rotatable bonds is 6. The summed E-state index contributed by atoms with van der Waals surface area (Å²) in [7, 11) is 2.14. The molecule has 0 radical (unpaired) electrons. The highest BCUT2D eigenvalue weighted by atomic mass is 35.5. The Morgan fingerprint density at radius 2 is 1.94 bits per heavy atom. The molecule has 0 heterocycles. The van der Waals surface area contributed by atoms with Crippen molar-refractivity contribution in [2.75, 3.05) is 26.7 Å². The third-order valence-electron chi connectivity index (χ3n) is 4.05. The summed E-state index contributed by atoms with van der Waals surface area (Å²) in [4.78, 5) is 2.34. The Bertz CT molecular complexity index is 367. The van der Waals surface area contributed by atoms with Crippen LogP contribution in [0.1, 0.15) is 24.8 Å². The van der Waals surface area contributed by atoms with E-state index in [-0.39, 0.29) is 5.41 Å². The van der Waals surface area contributed by atoms with Crippen molar-refractivity contribution in [2.24, 2.45) is 5.41 Å². The van der Waals surface area contributed by atoms with E-state index in [4.69, 9.17) is 11.6 Å². The summed E-state index contributed by atoms with van der Waals surface area (Å²) in [6.07, 6.45) is 4.66. The predicted molar refractivity (Wildman–Crippen MR) is 76.0 cm³/mol. The minimum Gasteiger partial charge on any atom is -0.396 e. The summed E-state index contributed by atoms with van der Waals surface area (Å²) in [6, 6.07) is 8.05. The summed E-state index contributed by atoms with van der Waals surface area (Å²) in [5.41, 5.74) is 1.51. The van der Waals surface area contributed by atoms with Gasteiger partial charge in [0, 0.05) is 30.1 Å². The van der Waals surface area contributed by atoms with Crippen LogP contribution < -0.4 is 0 Å². The van der Waals surface area contributed by atoms with Gasteiger partial charge in [0.2, 0.25) is 0 Å². The fourth-order valence-corrected chi connectivity index (χ4v) is 2.79. The van der Waals surface area contributed by atoms with E-state index < -0.39 is 0 Å². The van der Waals surface area contributed by atoms with Gasteiger partial charge in [-0.25, -0.2) is 0 Å². The molecule has 0 aromatic heterocycles. The van der Waals surface area contributed by atoms with Gasteiger partial charge in [0.15, 0.2) is 0 Å². The van der Waals surface area contributed by atoms with Crippen molar-refractivity contribution in [2.45, 2.75) is 25.7 Å². The van der Waals surface area contributed by atoms with Crippen molar-refractivity contribution in [3.8, 4) is 0 Å². The zero-order chi connectivity index (χ0) is 13.0. The molecule has 2 nitrogen and oxygen atoms in total. The van der Waals surface area contributed by atoms with Gasteiger partial charge in [0.1, 0.15) is 0 Å². The third-order valence-corrected chi connectivity index (χ3v) is 4.30. The second-order valence-electron chi connectivity index (χ2n) is 5.63. The summed E-state index contributed by atoms with van der Waals surface area (Å²) in [5, 5.41) is 10.3. The van der Waals surface area contributed by atoms with E-state index in [2.05, 4.69) is 24.1 Å². The normalized spacial score (nSPS) is 17.8. The molecule has 1 N–H and O–H groups in total. The first kappa shape index (κ1) is 13.9. The number of hydrogen-bond donors (Lipinski definition) is 1. The molecule has 0 atom stereocenters. The molecule has 18 heavy (non-hydrogen) atoms.